The topological polar surface area (TPSA) is 77.5 Å². The van der Waals surface area contributed by atoms with Crippen molar-refractivity contribution in [2.24, 2.45) is 0 Å². The number of amides is 1. The Morgan fingerprint density at radius 3 is 2.85 bits per heavy atom. The van der Waals surface area contributed by atoms with Crippen LogP contribution in [0.1, 0.15) is 42.1 Å². The van der Waals surface area contributed by atoms with Crippen molar-refractivity contribution in [2.75, 3.05) is 11.9 Å². The van der Waals surface area contributed by atoms with Crippen LogP contribution in [0, 0.1) is 6.92 Å². The molecule has 2 rings (SSSR count). The van der Waals surface area contributed by atoms with Crippen LogP contribution in [-0.2, 0) is 14.3 Å². The minimum atomic E-state index is -0.412. The Bertz CT molecular complexity index is 506. The third-order valence-electron chi connectivity index (χ3n) is 2.78. The number of ether oxygens (including phenoxy) is 2. The minimum absolute atomic E-state index is 0.186. The fourth-order valence-corrected chi connectivity index (χ4v) is 2.73. The second-order valence-electron chi connectivity index (χ2n) is 4.88. The largest absolute Gasteiger partial charge is 0.459 e. The molecule has 1 saturated heterocycles. The average Bonchev–Trinajstić information content (AvgIpc) is 2.97. The second-order valence-corrected chi connectivity index (χ2v) is 5.88. The Balaban J connectivity index is 2.03. The molecule has 1 aromatic rings. The van der Waals surface area contributed by atoms with Crippen molar-refractivity contribution in [1.82, 2.24) is 4.98 Å². The molecule has 0 saturated carbocycles. The number of carbonyl (C=O) groups is 2. The number of nitrogens with one attached hydrogen (secondary N) is 1. The molecule has 0 bridgehead atoms. The van der Waals surface area contributed by atoms with Crippen molar-refractivity contribution in [3.8, 4) is 0 Å². The highest BCUT2D eigenvalue weighted by atomic mass is 32.1. The van der Waals surface area contributed by atoms with Gasteiger partial charge in [-0.25, -0.2) is 9.78 Å². The summed E-state index contributed by atoms with van der Waals surface area (Å²) in [6, 6.07) is 0. The molecule has 6 nitrogen and oxygen atoms in total. The van der Waals surface area contributed by atoms with Crippen molar-refractivity contribution >= 4 is 28.3 Å². The lowest BCUT2D eigenvalue weighted by molar-refractivity contribution is -0.124. The molecule has 7 heteroatoms. The van der Waals surface area contributed by atoms with Gasteiger partial charge >= 0.3 is 5.97 Å². The zero-order valence-corrected chi connectivity index (χ0v) is 12.6. The van der Waals surface area contributed by atoms with E-state index in [4.69, 9.17) is 9.47 Å². The lowest BCUT2D eigenvalue weighted by Crippen LogP contribution is -2.26. The van der Waals surface area contributed by atoms with Gasteiger partial charge < -0.3 is 9.47 Å². The third kappa shape index (κ3) is 3.55. The van der Waals surface area contributed by atoms with E-state index in [0.717, 1.165) is 24.2 Å². The van der Waals surface area contributed by atoms with Gasteiger partial charge in [0.15, 0.2) is 5.13 Å². The van der Waals surface area contributed by atoms with Gasteiger partial charge in [0.25, 0.3) is 5.91 Å². The summed E-state index contributed by atoms with van der Waals surface area (Å²) in [6.07, 6.45) is 1.01. The number of aromatic nitrogens is 1. The lowest BCUT2D eigenvalue weighted by atomic mass is 10.2. The summed E-state index contributed by atoms with van der Waals surface area (Å²) in [7, 11) is 0. The van der Waals surface area contributed by atoms with Gasteiger partial charge in [0.1, 0.15) is 11.0 Å². The molecule has 1 fully saturated rings. The fraction of sp³-hybridized carbons (Fsp3) is 0.615. The van der Waals surface area contributed by atoms with E-state index < -0.39 is 12.1 Å². The number of esters is 1. The number of nitrogens with zero attached hydrogens (tertiary/aromatic N) is 1. The van der Waals surface area contributed by atoms with Gasteiger partial charge in [-0.15, -0.1) is 0 Å². The molecule has 1 aromatic heterocycles. The molecule has 0 aromatic carbocycles. The van der Waals surface area contributed by atoms with Crippen LogP contribution in [0.4, 0.5) is 5.13 Å². The molecule has 110 valence electrons. The third-order valence-corrected chi connectivity index (χ3v) is 3.83. The van der Waals surface area contributed by atoms with Gasteiger partial charge in [-0.05, 0) is 33.6 Å². The molecule has 0 spiro atoms. The van der Waals surface area contributed by atoms with Crippen molar-refractivity contribution < 1.29 is 19.1 Å². The number of hydrogen-bond donors (Lipinski definition) is 1. The quantitative estimate of drug-likeness (QED) is 0.862. The number of hydrogen-bond acceptors (Lipinski definition) is 6. The highest BCUT2D eigenvalue weighted by Crippen LogP contribution is 2.24. The Kier molecular flexibility index (Phi) is 4.72. The van der Waals surface area contributed by atoms with Gasteiger partial charge in [-0.2, -0.15) is 0 Å². The maximum atomic E-state index is 11.9. The SMILES string of the molecule is Cc1nc(NC(=O)C2CCCO2)sc1C(=O)OC(C)C. The van der Waals surface area contributed by atoms with Crippen molar-refractivity contribution in [1.29, 1.82) is 0 Å². The van der Waals surface area contributed by atoms with E-state index >= 15 is 0 Å². The van der Waals surface area contributed by atoms with Crippen LogP contribution in [-0.4, -0.2) is 35.7 Å². The minimum Gasteiger partial charge on any atom is -0.459 e. The fourth-order valence-electron chi connectivity index (χ4n) is 1.88. The first-order chi connectivity index (χ1) is 9.47. The van der Waals surface area contributed by atoms with Crippen LogP contribution in [0.5, 0.6) is 0 Å². The van der Waals surface area contributed by atoms with E-state index in [1.54, 1.807) is 20.8 Å². The Labute approximate surface area is 121 Å². The van der Waals surface area contributed by atoms with Crippen LogP contribution in [0.2, 0.25) is 0 Å². The summed E-state index contributed by atoms with van der Waals surface area (Å²) < 4.78 is 10.4. The normalized spacial score (nSPS) is 18.3. The summed E-state index contributed by atoms with van der Waals surface area (Å²) in [5.74, 6) is -0.618. The zero-order chi connectivity index (χ0) is 14.7. The first kappa shape index (κ1) is 14.9. The summed E-state index contributed by atoms with van der Waals surface area (Å²) in [5.41, 5.74) is 0.559. The zero-order valence-electron chi connectivity index (χ0n) is 11.8. The summed E-state index contributed by atoms with van der Waals surface area (Å²) >= 11 is 1.12. The van der Waals surface area contributed by atoms with Crippen LogP contribution in [0.3, 0.4) is 0 Å². The highest BCUT2D eigenvalue weighted by molar-refractivity contribution is 7.17. The van der Waals surface area contributed by atoms with Crippen LogP contribution >= 0.6 is 11.3 Å². The molecule has 20 heavy (non-hydrogen) atoms. The van der Waals surface area contributed by atoms with E-state index in [1.165, 1.54) is 0 Å². The van der Waals surface area contributed by atoms with E-state index in [9.17, 15) is 9.59 Å². The predicted octanol–water partition coefficient (Wildman–Crippen LogP) is 2.13. The van der Waals surface area contributed by atoms with Gasteiger partial charge in [-0.3, -0.25) is 10.1 Å². The molecule has 0 radical (unpaired) electrons. The monoisotopic (exact) mass is 298 g/mol. The number of anilines is 1. The maximum Gasteiger partial charge on any atom is 0.350 e. The first-order valence-corrected chi connectivity index (χ1v) is 7.40. The molecule has 1 aliphatic rings. The standard InChI is InChI=1S/C13H18N2O4S/c1-7(2)19-12(17)10-8(3)14-13(20-10)15-11(16)9-5-4-6-18-9/h7,9H,4-6H2,1-3H3,(H,14,15,16). The number of thiazole rings is 1. The highest BCUT2D eigenvalue weighted by Gasteiger charge is 2.25. The van der Waals surface area contributed by atoms with Crippen LogP contribution < -0.4 is 5.32 Å². The molecule has 2 heterocycles. The Hall–Kier alpha value is -1.47. The van der Waals surface area contributed by atoms with Crippen LogP contribution in [0.15, 0.2) is 0 Å². The molecule has 1 amide bonds. The van der Waals surface area contributed by atoms with E-state index in [-0.39, 0.29) is 12.0 Å². The summed E-state index contributed by atoms with van der Waals surface area (Å²) in [6.45, 7) is 5.90. The second kappa shape index (κ2) is 6.32. The molecule has 1 aliphatic heterocycles. The maximum absolute atomic E-state index is 11.9. The average molecular weight is 298 g/mol. The number of carbonyl (C=O) groups excluding carboxylic acids is 2. The molecule has 1 atom stereocenters. The molecular formula is C13H18N2O4S. The number of aryl methyl sites for hydroxylation is 1. The molecule has 1 unspecified atom stereocenters. The summed E-state index contributed by atoms with van der Waals surface area (Å²) in [4.78, 5) is 28.3. The van der Waals surface area contributed by atoms with Crippen molar-refractivity contribution in [3.63, 3.8) is 0 Å². The van der Waals surface area contributed by atoms with Gasteiger partial charge in [-0.1, -0.05) is 11.3 Å². The van der Waals surface area contributed by atoms with E-state index in [1.807, 2.05) is 0 Å². The summed E-state index contributed by atoms with van der Waals surface area (Å²) in [5, 5.41) is 3.09. The van der Waals surface area contributed by atoms with E-state index in [0.29, 0.717) is 22.3 Å². The van der Waals surface area contributed by atoms with Gasteiger partial charge in [0.05, 0.1) is 11.8 Å². The Morgan fingerprint density at radius 1 is 1.50 bits per heavy atom. The molecule has 1 N–H and O–H groups in total. The lowest BCUT2D eigenvalue weighted by Gasteiger charge is -2.07. The van der Waals surface area contributed by atoms with Crippen molar-refractivity contribution in [3.05, 3.63) is 10.6 Å². The van der Waals surface area contributed by atoms with Crippen molar-refractivity contribution in [2.45, 2.75) is 45.8 Å². The van der Waals surface area contributed by atoms with E-state index in [2.05, 4.69) is 10.3 Å². The molecular weight excluding hydrogens is 280 g/mol. The Morgan fingerprint density at radius 2 is 2.25 bits per heavy atom. The number of rotatable bonds is 4. The van der Waals surface area contributed by atoms with Gasteiger partial charge in [0, 0.05) is 6.61 Å². The first-order valence-electron chi connectivity index (χ1n) is 6.58. The van der Waals surface area contributed by atoms with Crippen LogP contribution in [0.25, 0.3) is 0 Å². The molecule has 0 aliphatic carbocycles. The van der Waals surface area contributed by atoms with Gasteiger partial charge in [0.2, 0.25) is 0 Å². The smallest absolute Gasteiger partial charge is 0.350 e. The predicted molar refractivity (Wildman–Crippen MR) is 75.0 cm³/mol.